The molecule has 1 aliphatic heterocycles. The van der Waals surface area contributed by atoms with E-state index < -0.39 is 0 Å². The Morgan fingerprint density at radius 2 is 1.92 bits per heavy atom. The van der Waals surface area contributed by atoms with Gasteiger partial charge >= 0.3 is 0 Å². The van der Waals surface area contributed by atoms with E-state index in [1.165, 1.54) is 6.33 Å². The van der Waals surface area contributed by atoms with Crippen molar-refractivity contribution in [3.63, 3.8) is 0 Å². The van der Waals surface area contributed by atoms with Gasteiger partial charge in [-0.25, -0.2) is 19.9 Å². The molecule has 1 saturated carbocycles. The first kappa shape index (κ1) is 15.0. The van der Waals surface area contributed by atoms with E-state index in [-0.39, 0.29) is 11.4 Å². The lowest BCUT2D eigenvalue weighted by Gasteiger charge is -2.21. The summed E-state index contributed by atoms with van der Waals surface area (Å²) in [5, 5.41) is 3.36. The van der Waals surface area contributed by atoms with Crippen LogP contribution in [0.25, 0.3) is 0 Å². The first-order valence-electron chi connectivity index (χ1n) is 8.35. The van der Waals surface area contributed by atoms with Crippen LogP contribution in [0, 0.1) is 0 Å². The van der Waals surface area contributed by atoms with Crippen LogP contribution in [-0.4, -0.2) is 43.3 Å². The Bertz CT molecular complexity index is 729. The molecule has 2 fully saturated rings. The third-order valence-electron chi connectivity index (χ3n) is 4.93. The molecule has 7 nitrogen and oxygen atoms in total. The van der Waals surface area contributed by atoms with Crippen molar-refractivity contribution in [1.29, 1.82) is 0 Å². The fourth-order valence-electron chi connectivity index (χ4n) is 3.27. The molecule has 0 bridgehead atoms. The Morgan fingerprint density at radius 1 is 1.21 bits per heavy atom. The van der Waals surface area contributed by atoms with Crippen molar-refractivity contribution in [3.8, 4) is 0 Å². The zero-order chi connectivity index (χ0) is 16.6. The Labute approximate surface area is 140 Å². The van der Waals surface area contributed by atoms with E-state index in [9.17, 15) is 4.79 Å². The molecule has 0 spiro atoms. The quantitative estimate of drug-likeness (QED) is 0.926. The van der Waals surface area contributed by atoms with Gasteiger partial charge in [0.25, 0.3) is 5.91 Å². The van der Waals surface area contributed by atoms with E-state index >= 15 is 0 Å². The molecular weight excluding hydrogens is 304 g/mol. The summed E-state index contributed by atoms with van der Waals surface area (Å²) < 4.78 is 0. The van der Waals surface area contributed by atoms with Crippen LogP contribution >= 0.6 is 0 Å². The fraction of sp³-hybridized carbons (Fsp3) is 0.471. The van der Waals surface area contributed by atoms with Crippen LogP contribution in [-0.2, 0) is 5.54 Å². The van der Waals surface area contributed by atoms with Crippen LogP contribution in [0.4, 0.5) is 5.95 Å². The summed E-state index contributed by atoms with van der Waals surface area (Å²) in [6, 6.07) is 0.295. The fourth-order valence-corrected chi connectivity index (χ4v) is 3.27. The Kier molecular flexibility index (Phi) is 3.63. The van der Waals surface area contributed by atoms with Gasteiger partial charge in [-0.05, 0) is 32.6 Å². The highest BCUT2D eigenvalue weighted by Gasteiger charge is 2.45. The predicted octanol–water partition coefficient (Wildman–Crippen LogP) is 1.99. The number of hydrogen-bond acceptors (Lipinski definition) is 6. The number of rotatable bonds is 4. The molecule has 1 atom stereocenters. The standard InChI is InChI=1S/C17H20N6O/c1-12-3-2-6-23(12)15(24)13-7-20-16(21-8-13)22-17(4-5-17)14-9-18-11-19-10-14/h7-12H,2-6H2,1H3,(H,20,21,22)/t12-/m0/s1. The highest BCUT2D eigenvalue weighted by Crippen LogP contribution is 2.47. The number of aromatic nitrogens is 4. The Balaban J connectivity index is 1.48. The number of amides is 1. The molecule has 0 aromatic carbocycles. The predicted molar refractivity (Wildman–Crippen MR) is 88.3 cm³/mol. The monoisotopic (exact) mass is 324 g/mol. The molecule has 2 aromatic rings. The van der Waals surface area contributed by atoms with E-state index in [1.807, 2.05) is 17.3 Å². The third kappa shape index (κ3) is 2.70. The van der Waals surface area contributed by atoms with Crippen molar-refractivity contribution >= 4 is 11.9 Å². The molecule has 1 aliphatic carbocycles. The van der Waals surface area contributed by atoms with Crippen molar-refractivity contribution < 1.29 is 4.79 Å². The van der Waals surface area contributed by atoms with Crippen molar-refractivity contribution in [2.45, 2.75) is 44.2 Å². The number of carbonyl (C=O) groups is 1. The van der Waals surface area contributed by atoms with Gasteiger partial charge in [-0.15, -0.1) is 0 Å². The van der Waals surface area contributed by atoms with Gasteiger partial charge < -0.3 is 10.2 Å². The van der Waals surface area contributed by atoms with Crippen molar-refractivity contribution in [2.75, 3.05) is 11.9 Å². The molecule has 4 rings (SSSR count). The second-order valence-corrected chi connectivity index (χ2v) is 6.62. The lowest BCUT2D eigenvalue weighted by molar-refractivity contribution is 0.0746. The molecule has 0 radical (unpaired) electrons. The van der Waals surface area contributed by atoms with Crippen LogP contribution in [0.2, 0.25) is 0 Å². The van der Waals surface area contributed by atoms with Crippen LogP contribution in [0.3, 0.4) is 0 Å². The number of nitrogens with zero attached hydrogens (tertiary/aromatic N) is 5. The molecule has 2 aromatic heterocycles. The molecule has 124 valence electrons. The summed E-state index contributed by atoms with van der Waals surface area (Å²) in [6.45, 7) is 2.90. The lowest BCUT2D eigenvalue weighted by Crippen LogP contribution is -2.33. The number of nitrogens with one attached hydrogen (secondary N) is 1. The summed E-state index contributed by atoms with van der Waals surface area (Å²) in [5.74, 6) is 0.548. The highest BCUT2D eigenvalue weighted by molar-refractivity contribution is 5.94. The zero-order valence-corrected chi connectivity index (χ0v) is 13.6. The average molecular weight is 324 g/mol. The first-order chi connectivity index (χ1) is 11.7. The second kappa shape index (κ2) is 5.81. The van der Waals surface area contributed by atoms with Crippen LogP contribution < -0.4 is 5.32 Å². The van der Waals surface area contributed by atoms with E-state index in [0.29, 0.717) is 17.6 Å². The van der Waals surface area contributed by atoms with Gasteiger partial charge in [-0.3, -0.25) is 4.79 Å². The normalized spacial score (nSPS) is 21.5. The van der Waals surface area contributed by atoms with E-state index in [2.05, 4.69) is 32.2 Å². The molecule has 2 aliphatic rings. The van der Waals surface area contributed by atoms with Gasteiger partial charge in [0.1, 0.15) is 6.33 Å². The van der Waals surface area contributed by atoms with Gasteiger partial charge in [0.05, 0.1) is 11.1 Å². The highest BCUT2D eigenvalue weighted by atomic mass is 16.2. The van der Waals surface area contributed by atoms with Gasteiger partial charge in [-0.1, -0.05) is 0 Å². The second-order valence-electron chi connectivity index (χ2n) is 6.62. The lowest BCUT2D eigenvalue weighted by atomic mass is 10.1. The third-order valence-corrected chi connectivity index (χ3v) is 4.93. The molecule has 1 amide bonds. The summed E-state index contributed by atoms with van der Waals surface area (Å²) in [6.07, 6.45) is 12.5. The molecule has 7 heteroatoms. The molecule has 1 N–H and O–H groups in total. The smallest absolute Gasteiger partial charge is 0.257 e. The van der Waals surface area contributed by atoms with Gasteiger partial charge in [0, 0.05) is 42.9 Å². The minimum absolute atomic E-state index is 0.0177. The van der Waals surface area contributed by atoms with Crippen LogP contribution in [0.1, 0.15) is 48.5 Å². The summed E-state index contributed by atoms with van der Waals surface area (Å²) in [5.41, 5.74) is 1.41. The molecule has 3 heterocycles. The minimum atomic E-state index is -0.170. The zero-order valence-electron chi connectivity index (χ0n) is 13.6. The summed E-state index contributed by atoms with van der Waals surface area (Å²) >= 11 is 0. The first-order valence-corrected chi connectivity index (χ1v) is 8.35. The number of carbonyl (C=O) groups excluding carboxylic acids is 1. The topological polar surface area (TPSA) is 83.9 Å². The van der Waals surface area contributed by atoms with Crippen LogP contribution in [0.5, 0.6) is 0 Å². The van der Waals surface area contributed by atoms with Gasteiger partial charge in [0.2, 0.25) is 5.95 Å². The Hall–Kier alpha value is -2.57. The molecule has 0 unspecified atom stereocenters. The summed E-state index contributed by atoms with van der Waals surface area (Å²) in [7, 11) is 0. The van der Waals surface area contributed by atoms with Gasteiger partial charge in [-0.2, -0.15) is 0 Å². The molecule has 1 saturated heterocycles. The van der Waals surface area contributed by atoms with E-state index in [1.54, 1.807) is 12.4 Å². The number of hydrogen-bond donors (Lipinski definition) is 1. The average Bonchev–Trinajstić information content (AvgIpc) is 3.28. The van der Waals surface area contributed by atoms with Crippen molar-refractivity contribution in [1.82, 2.24) is 24.8 Å². The maximum Gasteiger partial charge on any atom is 0.257 e. The van der Waals surface area contributed by atoms with Crippen molar-refractivity contribution in [2.24, 2.45) is 0 Å². The van der Waals surface area contributed by atoms with E-state index in [0.717, 1.165) is 37.8 Å². The van der Waals surface area contributed by atoms with Crippen LogP contribution in [0.15, 0.2) is 31.1 Å². The van der Waals surface area contributed by atoms with Gasteiger partial charge in [0.15, 0.2) is 0 Å². The SMILES string of the molecule is C[C@H]1CCCN1C(=O)c1cnc(NC2(c3cncnc3)CC2)nc1. The number of likely N-dealkylation sites (tertiary alicyclic amines) is 1. The maximum absolute atomic E-state index is 12.5. The molecule has 24 heavy (non-hydrogen) atoms. The van der Waals surface area contributed by atoms with E-state index in [4.69, 9.17) is 0 Å². The summed E-state index contributed by atoms with van der Waals surface area (Å²) in [4.78, 5) is 31.2. The van der Waals surface area contributed by atoms with Crippen molar-refractivity contribution in [3.05, 3.63) is 42.2 Å². The maximum atomic E-state index is 12.5. The number of anilines is 1. The largest absolute Gasteiger partial charge is 0.345 e. The Morgan fingerprint density at radius 3 is 2.50 bits per heavy atom. The molecular formula is C17H20N6O. The minimum Gasteiger partial charge on any atom is -0.345 e.